The third-order valence-corrected chi connectivity index (χ3v) is 6.28. The Labute approximate surface area is 130 Å². The molecule has 2 bridgehead atoms. The molecule has 3 fully saturated rings. The Morgan fingerprint density at radius 2 is 1.59 bits per heavy atom. The van der Waals surface area contributed by atoms with Gasteiger partial charge in [0, 0.05) is 0 Å². The van der Waals surface area contributed by atoms with Crippen molar-refractivity contribution in [3.05, 3.63) is 42.0 Å². The summed E-state index contributed by atoms with van der Waals surface area (Å²) in [6, 6.07) is 7.83. The van der Waals surface area contributed by atoms with Crippen LogP contribution < -0.4 is 4.90 Å². The summed E-state index contributed by atoms with van der Waals surface area (Å²) in [5.74, 6) is 1.81. The molecule has 4 aliphatic carbocycles. The number of aryl methyl sites for hydroxylation is 1. The Morgan fingerprint density at radius 1 is 1.00 bits per heavy atom. The molecule has 0 N–H and O–H groups in total. The van der Waals surface area contributed by atoms with E-state index in [1.54, 1.807) is 0 Å². The van der Waals surface area contributed by atoms with E-state index in [9.17, 15) is 9.59 Å². The van der Waals surface area contributed by atoms with Gasteiger partial charge in [0.2, 0.25) is 11.8 Å². The summed E-state index contributed by atoms with van der Waals surface area (Å²) < 4.78 is 0. The van der Waals surface area contributed by atoms with Crippen LogP contribution in [0.3, 0.4) is 0 Å². The highest BCUT2D eigenvalue weighted by atomic mass is 16.2. The smallest absolute Gasteiger partial charge is 0.238 e. The van der Waals surface area contributed by atoms with Gasteiger partial charge in [0.1, 0.15) is 0 Å². The van der Waals surface area contributed by atoms with Gasteiger partial charge >= 0.3 is 0 Å². The van der Waals surface area contributed by atoms with Crippen LogP contribution >= 0.6 is 0 Å². The summed E-state index contributed by atoms with van der Waals surface area (Å²) in [7, 11) is 0. The first-order valence-electron chi connectivity index (χ1n) is 8.36. The van der Waals surface area contributed by atoms with Gasteiger partial charge in [-0.05, 0) is 48.1 Å². The highest BCUT2D eigenvalue weighted by Gasteiger charge is 2.67. The first-order valence-corrected chi connectivity index (χ1v) is 8.36. The van der Waals surface area contributed by atoms with Gasteiger partial charge in [-0.1, -0.05) is 37.3 Å². The zero-order valence-corrected chi connectivity index (χ0v) is 12.6. The van der Waals surface area contributed by atoms with E-state index in [1.807, 2.05) is 24.3 Å². The van der Waals surface area contributed by atoms with Gasteiger partial charge in [0.05, 0.1) is 17.5 Å². The molecule has 6 atom stereocenters. The number of benzene rings is 1. The van der Waals surface area contributed by atoms with Crippen molar-refractivity contribution in [1.29, 1.82) is 0 Å². The van der Waals surface area contributed by atoms with Crippen LogP contribution in [0.5, 0.6) is 0 Å². The Morgan fingerprint density at radius 3 is 2.18 bits per heavy atom. The maximum atomic E-state index is 13.0. The molecule has 1 aliphatic heterocycles. The number of hydrogen-bond donors (Lipinski definition) is 0. The molecule has 0 spiro atoms. The first kappa shape index (κ1) is 12.6. The Kier molecular flexibility index (Phi) is 2.35. The number of carbonyl (C=O) groups is 2. The van der Waals surface area contributed by atoms with Crippen molar-refractivity contribution in [3.63, 3.8) is 0 Å². The summed E-state index contributed by atoms with van der Waals surface area (Å²) in [6.45, 7) is 2.07. The van der Waals surface area contributed by atoms with Crippen LogP contribution in [0.15, 0.2) is 36.4 Å². The Bertz CT molecular complexity index is 686. The van der Waals surface area contributed by atoms with E-state index in [2.05, 4.69) is 19.1 Å². The minimum Gasteiger partial charge on any atom is -0.274 e. The number of allylic oxidation sites excluding steroid dienone is 2. The van der Waals surface area contributed by atoms with Gasteiger partial charge < -0.3 is 0 Å². The average Bonchev–Trinajstić information content (AvgIpc) is 3.32. The lowest BCUT2D eigenvalue weighted by Gasteiger charge is -2.37. The van der Waals surface area contributed by atoms with Crippen LogP contribution in [0.1, 0.15) is 18.9 Å². The lowest BCUT2D eigenvalue weighted by molar-refractivity contribution is -0.124. The minimum absolute atomic E-state index is 0.0422. The van der Waals surface area contributed by atoms with Crippen molar-refractivity contribution in [2.24, 2.45) is 35.5 Å². The molecule has 0 radical (unpaired) electrons. The summed E-state index contributed by atoms with van der Waals surface area (Å²) in [4.78, 5) is 27.6. The van der Waals surface area contributed by atoms with E-state index in [0.29, 0.717) is 23.7 Å². The third-order valence-electron chi connectivity index (χ3n) is 6.28. The lowest BCUT2D eigenvalue weighted by Crippen LogP contribution is -2.40. The highest BCUT2D eigenvalue weighted by molar-refractivity contribution is 6.23. The molecule has 0 unspecified atom stereocenters. The van der Waals surface area contributed by atoms with Gasteiger partial charge in [-0.3, -0.25) is 9.59 Å². The van der Waals surface area contributed by atoms with Gasteiger partial charge in [-0.15, -0.1) is 0 Å². The van der Waals surface area contributed by atoms with E-state index in [0.717, 1.165) is 17.7 Å². The standard InChI is InChI=1S/C19H19NO2/c1-2-10-5-3-4-6-15(10)20-18(21)16-11-7-8-12(14-9-13(11)14)17(16)19(20)22/h3-8,11-14,16-17H,2,9H2,1H3/t11-,12-,13-,14+,16-,17-/m1/s1. The molecule has 5 aliphatic rings. The number of hydrogen-bond acceptors (Lipinski definition) is 2. The number of nitrogens with zero attached hydrogens (tertiary/aromatic N) is 1. The topological polar surface area (TPSA) is 37.4 Å². The van der Waals surface area contributed by atoms with Crippen LogP contribution in [-0.2, 0) is 16.0 Å². The predicted molar refractivity (Wildman–Crippen MR) is 83.0 cm³/mol. The molecule has 6 rings (SSSR count). The molecule has 2 amide bonds. The highest BCUT2D eigenvalue weighted by Crippen LogP contribution is 2.65. The number of imide groups is 1. The van der Waals surface area contributed by atoms with Crippen molar-refractivity contribution in [3.8, 4) is 0 Å². The second kappa shape index (κ2) is 4.09. The SMILES string of the molecule is CCc1ccccc1N1C(=O)[C@@H]2[C@@H]3C=C[C@H]([C@@H]4C[C@H]34)[C@H]2C1=O. The summed E-state index contributed by atoms with van der Waals surface area (Å²) in [6.07, 6.45) is 6.49. The zero-order valence-electron chi connectivity index (χ0n) is 12.6. The van der Waals surface area contributed by atoms with Crippen LogP contribution in [-0.4, -0.2) is 11.8 Å². The molecule has 22 heavy (non-hydrogen) atoms. The van der Waals surface area contributed by atoms with E-state index in [4.69, 9.17) is 0 Å². The van der Waals surface area contributed by atoms with Crippen molar-refractivity contribution >= 4 is 17.5 Å². The quantitative estimate of drug-likeness (QED) is 0.621. The fraction of sp³-hybridized carbons (Fsp3) is 0.474. The lowest BCUT2D eigenvalue weighted by atomic mass is 9.63. The second-order valence-electron chi connectivity index (χ2n) is 7.15. The molecular formula is C19H19NO2. The molecule has 1 saturated heterocycles. The van der Waals surface area contributed by atoms with Gasteiger partial charge in [-0.25, -0.2) is 4.90 Å². The van der Waals surface area contributed by atoms with Crippen molar-refractivity contribution in [2.45, 2.75) is 19.8 Å². The molecule has 1 aromatic rings. The van der Waals surface area contributed by atoms with Gasteiger partial charge in [-0.2, -0.15) is 0 Å². The Hall–Kier alpha value is -1.90. The van der Waals surface area contributed by atoms with Crippen LogP contribution in [0.25, 0.3) is 0 Å². The van der Waals surface area contributed by atoms with E-state index in [1.165, 1.54) is 11.3 Å². The monoisotopic (exact) mass is 293 g/mol. The van der Waals surface area contributed by atoms with Gasteiger partial charge in [0.25, 0.3) is 0 Å². The number of carbonyl (C=O) groups excluding carboxylic acids is 2. The van der Waals surface area contributed by atoms with E-state index in [-0.39, 0.29) is 23.7 Å². The maximum absolute atomic E-state index is 13.0. The predicted octanol–water partition coefficient (Wildman–Crippen LogP) is 2.81. The van der Waals surface area contributed by atoms with Crippen molar-refractivity contribution in [1.82, 2.24) is 0 Å². The molecular weight excluding hydrogens is 274 g/mol. The van der Waals surface area contributed by atoms with Crippen LogP contribution in [0.4, 0.5) is 5.69 Å². The van der Waals surface area contributed by atoms with Crippen molar-refractivity contribution in [2.75, 3.05) is 4.90 Å². The number of amides is 2. The largest absolute Gasteiger partial charge is 0.274 e. The third kappa shape index (κ3) is 1.37. The van der Waals surface area contributed by atoms with E-state index >= 15 is 0 Å². The van der Waals surface area contributed by atoms with Crippen molar-refractivity contribution < 1.29 is 9.59 Å². The molecule has 3 heteroatoms. The first-order chi connectivity index (χ1) is 10.7. The molecule has 1 aromatic carbocycles. The minimum atomic E-state index is -0.101. The zero-order chi connectivity index (χ0) is 15.0. The Balaban J connectivity index is 1.60. The summed E-state index contributed by atoms with van der Waals surface area (Å²) in [5, 5.41) is 0. The van der Waals surface area contributed by atoms with Crippen LogP contribution in [0, 0.1) is 35.5 Å². The number of para-hydroxylation sites is 1. The number of rotatable bonds is 2. The number of anilines is 1. The van der Waals surface area contributed by atoms with Gasteiger partial charge in [0.15, 0.2) is 0 Å². The molecule has 0 aromatic heterocycles. The fourth-order valence-corrected chi connectivity index (χ4v) is 5.22. The molecule has 1 heterocycles. The fourth-order valence-electron chi connectivity index (χ4n) is 5.22. The normalized spacial score (nSPS) is 40.9. The molecule has 112 valence electrons. The van der Waals surface area contributed by atoms with E-state index < -0.39 is 0 Å². The average molecular weight is 293 g/mol. The van der Waals surface area contributed by atoms with Crippen LogP contribution in [0.2, 0.25) is 0 Å². The molecule has 2 saturated carbocycles. The second-order valence-corrected chi connectivity index (χ2v) is 7.15. The molecule has 3 nitrogen and oxygen atoms in total. The summed E-state index contributed by atoms with van der Waals surface area (Å²) >= 11 is 0. The maximum Gasteiger partial charge on any atom is 0.238 e. The summed E-state index contributed by atoms with van der Waals surface area (Å²) in [5.41, 5.74) is 1.88.